The number of halogens is 4. The normalized spacial score (nSPS) is 26.2. The number of amidine groups is 1. The first-order valence-electron chi connectivity index (χ1n) is 12.5. The number of hydrogen-bond acceptors (Lipinski definition) is 8. The minimum atomic E-state index is -3.02. The summed E-state index contributed by atoms with van der Waals surface area (Å²) >= 11 is 7.61. The molecule has 13 heteroatoms. The molecule has 2 N–H and O–H groups in total. The SMILES string of the molecule is CCOC(=O)C1=C(CN2[C@H]3CC(CC(=O)O)C[C@@H]2C(F)(F)C3)NC(c2nccs2)=N[C@H]1c1cccc(F)c1Cl. The van der Waals surface area contributed by atoms with Crippen molar-refractivity contribution in [1.29, 1.82) is 0 Å². The van der Waals surface area contributed by atoms with Crippen LogP contribution in [0.15, 0.2) is 46.0 Å². The van der Waals surface area contributed by atoms with Gasteiger partial charge in [-0.2, -0.15) is 0 Å². The van der Waals surface area contributed by atoms with E-state index in [-0.39, 0.29) is 53.8 Å². The Morgan fingerprint density at radius 1 is 1.33 bits per heavy atom. The van der Waals surface area contributed by atoms with Crippen LogP contribution in [0.2, 0.25) is 5.02 Å². The van der Waals surface area contributed by atoms with E-state index in [1.165, 1.54) is 23.5 Å². The number of nitrogens with zero attached hydrogens (tertiary/aromatic N) is 3. The molecule has 0 spiro atoms. The molecule has 8 nitrogen and oxygen atoms in total. The van der Waals surface area contributed by atoms with Crippen LogP contribution in [-0.2, 0) is 14.3 Å². The van der Waals surface area contributed by atoms with Gasteiger partial charge in [-0.3, -0.25) is 14.7 Å². The molecule has 0 aliphatic carbocycles. The van der Waals surface area contributed by atoms with Crippen LogP contribution >= 0.6 is 22.9 Å². The lowest BCUT2D eigenvalue weighted by atomic mass is 9.87. The van der Waals surface area contributed by atoms with Crippen molar-refractivity contribution in [2.75, 3.05) is 13.2 Å². The zero-order chi connectivity index (χ0) is 27.9. The Bertz CT molecular complexity index is 1340. The molecule has 208 valence electrons. The lowest BCUT2D eigenvalue weighted by Gasteiger charge is -2.40. The Hall–Kier alpha value is -2.96. The standard InChI is InChI=1S/C26H26ClF3N4O4S/c1-2-38-25(37)20-17(12-34-14-8-13(10-19(35)36)9-18(34)26(29,30)11-14)32-23(24-31-6-7-39-24)33-22(20)15-4-3-5-16(28)21(15)27/h3-7,13-14,18,22H,2,8-12H2,1H3,(H,32,33)(H,35,36)/t13?,14-,18+,22-/m0/s1. The van der Waals surface area contributed by atoms with Crippen LogP contribution in [0, 0.1) is 11.7 Å². The number of carbonyl (C=O) groups is 2. The molecule has 4 heterocycles. The van der Waals surface area contributed by atoms with Crippen molar-refractivity contribution in [3.05, 3.63) is 62.5 Å². The second kappa shape index (κ2) is 10.9. The summed E-state index contributed by atoms with van der Waals surface area (Å²) in [6, 6.07) is 1.33. The summed E-state index contributed by atoms with van der Waals surface area (Å²) in [6.07, 6.45) is 1.32. The number of hydrogen-bond donors (Lipinski definition) is 2. The van der Waals surface area contributed by atoms with Crippen LogP contribution < -0.4 is 5.32 Å². The van der Waals surface area contributed by atoms with E-state index in [1.54, 1.807) is 29.5 Å². The predicted octanol–water partition coefficient (Wildman–Crippen LogP) is 4.81. The molecule has 4 atom stereocenters. The summed E-state index contributed by atoms with van der Waals surface area (Å²) in [5, 5.41) is 14.4. The van der Waals surface area contributed by atoms with E-state index in [9.17, 15) is 19.1 Å². The number of aliphatic imine (C=N–C) groups is 1. The number of carbonyl (C=O) groups excluding carboxylic acids is 1. The van der Waals surface area contributed by atoms with Gasteiger partial charge in [-0.05, 0) is 31.7 Å². The maximum absolute atomic E-state index is 15.1. The molecule has 2 saturated heterocycles. The molecular weight excluding hydrogens is 557 g/mol. The number of esters is 1. The van der Waals surface area contributed by atoms with Gasteiger partial charge in [0.25, 0.3) is 5.92 Å². The molecule has 2 bridgehead atoms. The van der Waals surface area contributed by atoms with Gasteiger partial charge in [0.05, 0.1) is 23.2 Å². The Kier molecular flexibility index (Phi) is 7.71. The number of ether oxygens (including phenoxy) is 1. The molecule has 1 unspecified atom stereocenters. The topological polar surface area (TPSA) is 104 Å². The summed E-state index contributed by atoms with van der Waals surface area (Å²) in [7, 11) is 0. The third kappa shape index (κ3) is 5.42. The number of alkyl halides is 2. The molecule has 39 heavy (non-hydrogen) atoms. The monoisotopic (exact) mass is 582 g/mol. The fourth-order valence-corrected chi connectivity index (χ4v) is 6.62. The second-order valence-corrected chi connectivity index (χ2v) is 11.1. The van der Waals surface area contributed by atoms with Gasteiger partial charge < -0.3 is 15.2 Å². The minimum Gasteiger partial charge on any atom is -0.481 e. The van der Waals surface area contributed by atoms with Gasteiger partial charge >= 0.3 is 11.9 Å². The minimum absolute atomic E-state index is 0.0183. The Balaban J connectivity index is 1.58. The van der Waals surface area contributed by atoms with Crippen LogP contribution in [0.25, 0.3) is 0 Å². The summed E-state index contributed by atoms with van der Waals surface area (Å²) in [5.74, 6) is -5.54. The zero-order valence-electron chi connectivity index (χ0n) is 20.9. The number of nitrogens with one attached hydrogen (secondary N) is 1. The number of aliphatic carboxylic acids is 1. The highest BCUT2D eigenvalue weighted by Crippen LogP contribution is 2.49. The Morgan fingerprint density at radius 3 is 2.79 bits per heavy atom. The van der Waals surface area contributed by atoms with E-state index in [4.69, 9.17) is 16.3 Å². The summed E-state index contributed by atoms with van der Waals surface area (Å²) < 4.78 is 50.1. The zero-order valence-corrected chi connectivity index (χ0v) is 22.4. The molecule has 5 rings (SSSR count). The van der Waals surface area contributed by atoms with Gasteiger partial charge in [0, 0.05) is 48.3 Å². The second-order valence-electron chi connectivity index (χ2n) is 9.84. The van der Waals surface area contributed by atoms with Crippen LogP contribution in [0.5, 0.6) is 0 Å². The fraction of sp³-hybridized carbons (Fsp3) is 0.462. The van der Waals surface area contributed by atoms with Crippen molar-refractivity contribution in [2.24, 2.45) is 10.9 Å². The fourth-order valence-electron chi connectivity index (χ4n) is 5.80. The predicted molar refractivity (Wildman–Crippen MR) is 138 cm³/mol. The lowest BCUT2D eigenvalue weighted by molar-refractivity contribution is -0.140. The maximum Gasteiger partial charge on any atom is 0.338 e. The number of rotatable bonds is 8. The number of aromatic nitrogens is 1. The van der Waals surface area contributed by atoms with Crippen LogP contribution in [0.1, 0.15) is 49.2 Å². The van der Waals surface area contributed by atoms with Gasteiger partial charge in [0.2, 0.25) is 0 Å². The average Bonchev–Trinajstić information content (AvgIpc) is 3.45. The van der Waals surface area contributed by atoms with Gasteiger partial charge in [0.15, 0.2) is 10.8 Å². The van der Waals surface area contributed by atoms with E-state index < -0.39 is 48.2 Å². The molecule has 0 radical (unpaired) electrons. The van der Waals surface area contributed by atoms with Gasteiger partial charge in [-0.25, -0.2) is 22.9 Å². The number of fused-ring (bicyclic) bond motifs is 2. The van der Waals surface area contributed by atoms with E-state index in [0.717, 1.165) is 0 Å². The van der Waals surface area contributed by atoms with E-state index in [1.807, 2.05) is 0 Å². The van der Waals surface area contributed by atoms with Gasteiger partial charge in [-0.15, -0.1) is 11.3 Å². The maximum atomic E-state index is 15.1. The summed E-state index contributed by atoms with van der Waals surface area (Å²) in [4.78, 5) is 35.2. The molecule has 3 aliphatic rings. The largest absolute Gasteiger partial charge is 0.481 e. The van der Waals surface area contributed by atoms with E-state index >= 15 is 8.78 Å². The summed E-state index contributed by atoms with van der Waals surface area (Å²) in [5.41, 5.74) is 0.546. The quantitative estimate of drug-likeness (QED) is 0.431. The van der Waals surface area contributed by atoms with Crippen LogP contribution in [0.4, 0.5) is 13.2 Å². The van der Waals surface area contributed by atoms with Crippen molar-refractivity contribution in [2.45, 2.75) is 56.7 Å². The molecule has 0 amide bonds. The molecule has 2 aromatic rings. The molecular formula is C26H26ClF3N4O4S. The van der Waals surface area contributed by atoms with Crippen molar-refractivity contribution in [3.63, 3.8) is 0 Å². The highest BCUT2D eigenvalue weighted by Gasteiger charge is 2.57. The van der Waals surface area contributed by atoms with Crippen molar-refractivity contribution < 1.29 is 32.6 Å². The molecule has 3 aliphatic heterocycles. The highest BCUT2D eigenvalue weighted by atomic mass is 35.5. The first-order chi connectivity index (χ1) is 18.6. The Labute approximate surface area is 231 Å². The molecule has 2 fully saturated rings. The first-order valence-corrected chi connectivity index (χ1v) is 13.8. The number of benzene rings is 1. The first kappa shape index (κ1) is 27.6. The average molecular weight is 583 g/mol. The van der Waals surface area contributed by atoms with Gasteiger partial charge in [-0.1, -0.05) is 23.7 Å². The number of carboxylic acids is 1. The highest BCUT2D eigenvalue weighted by molar-refractivity contribution is 7.11. The van der Waals surface area contributed by atoms with E-state index in [0.29, 0.717) is 17.3 Å². The smallest absolute Gasteiger partial charge is 0.338 e. The van der Waals surface area contributed by atoms with Crippen molar-refractivity contribution >= 4 is 40.7 Å². The van der Waals surface area contributed by atoms with E-state index in [2.05, 4.69) is 15.3 Å². The van der Waals surface area contributed by atoms with Crippen LogP contribution in [-0.4, -0.2) is 63.9 Å². The third-order valence-electron chi connectivity index (χ3n) is 7.36. The third-order valence-corrected chi connectivity index (χ3v) is 8.54. The number of carboxylic acid groups (broad SMARTS) is 1. The van der Waals surface area contributed by atoms with Crippen molar-refractivity contribution in [3.8, 4) is 0 Å². The molecule has 0 saturated carbocycles. The number of piperidine rings is 1. The summed E-state index contributed by atoms with van der Waals surface area (Å²) in [6.45, 7) is 1.61. The Morgan fingerprint density at radius 2 is 2.13 bits per heavy atom. The van der Waals surface area contributed by atoms with Gasteiger partial charge in [0.1, 0.15) is 11.9 Å². The van der Waals surface area contributed by atoms with Crippen molar-refractivity contribution in [1.82, 2.24) is 15.2 Å². The van der Waals surface area contributed by atoms with Crippen LogP contribution in [0.3, 0.4) is 0 Å². The lowest BCUT2D eigenvalue weighted by Crippen LogP contribution is -2.50. The molecule has 1 aromatic heterocycles. The molecule has 1 aromatic carbocycles. The number of thiazole rings is 1.